The van der Waals surface area contributed by atoms with Gasteiger partial charge in [-0.3, -0.25) is 4.79 Å². The van der Waals surface area contributed by atoms with Crippen molar-refractivity contribution in [3.8, 4) is 17.6 Å². The molecule has 2 aromatic carbocycles. The van der Waals surface area contributed by atoms with E-state index in [1.165, 1.54) is 25.5 Å². The first-order valence-electron chi connectivity index (χ1n) is 14.9. The van der Waals surface area contributed by atoms with E-state index in [0.29, 0.717) is 32.5 Å². The summed E-state index contributed by atoms with van der Waals surface area (Å²) in [5.41, 5.74) is 0.573. The van der Waals surface area contributed by atoms with Gasteiger partial charge in [0, 0.05) is 43.3 Å². The van der Waals surface area contributed by atoms with E-state index in [9.17, 15) is 39.2 Å². The molecule has 0 radical (unpaired) electrons. The Kier molecular flexibility index (Phi) is 11.3. The fraction of sp³-hybridized carbons (Fsp3) is 0.484. The third kappa shape index (κ3) is 9.83. The predicted molar refractivity (Wildman–Crippen MR) is 173 cm³/mol. The van der Waals surface area contributed by atoms with Gasteiger partial charge in [0.05, 0.1) is 42.5 Å². The lowest BCUT2D eigenvalue weighted by Crippen LogP contribution is -2.50. The molecule has 2 atom stereocenters. The molecule has 4 rings (SSSR count). The van der Waals surface area contributed by atoms with Crippen LogP contribution in [0, 0.1) is 23.6 Å². The maximum Gasteiger partial charge on any atom is 0.406 e. The largest absolute Gasteiger partial charge is 0.494 e. The average molecular weight is 716 g/mol. The number of imidazole rings is 1. The highest BCUT2D eigenvalue weighted by molar-refractivity contribution is 7.91. The topological polar surface area (TPSA) is 140 Å². The zero-order chi connectivity index (χ0) is 35.4. The molecule has 0 spiro atoms. The Hall–Kier alpha value is -3.88. The van der Waals surface area contributed by atoms with Gasteiger partial charge in [-0.05, 0) is 43.5 Å². The third-order valence-corrected chi connectivity index (χ3v) is 10.0. The number of methoxy groups -OCH3 is 1. The molecule has 2 heterocycles. The number of fused-ring (bicyclic) bond motifs is 1. The minimum atomic E-state index is -4.55. The number of amides is 1. The van der Waals surface area contributed by atoms with Gasteiger partial charge in [0.15, 0.2) is 9.84 Å². The van der Waals surface area contributed by atoms with Crippen molar-refractivity contribution in [2.75, 3.05) is 56.9 Å². The van der Waals surface area contributed by atoms with Gasteiger partial charge in [-0.2, -0.15) is 13.2 Å². The number of carbonyl (C=O) groups is 1. The van der Waals surface area contributed by atoms with Gasteiger partial charge in [0.2, 0.25) is 0 Å². The molecule has 3 aromatic rings. The van der Waals surface area contributed by atoms with Gasteiger partial charge in [-0.1, -0.05) is 18.8 Å². The molecular formula is C31H37F4N5O6S2. The van der Waals surface area contributed by atoms with E-state index in [0.717, 1.165) is 29.3 Å². The first kappa shape index (κ1) is 36.9. The minimum absolute atomic E-state index is 0.0138. The Balaban J connectivity index is 1.56. The predicted octanol–water partition coefficient (Wildman–Crippen LogP) is 3.49. The summed E-state index contributed by atoms with van der Waals surface area (Å²) in [5.74, 6) is 4.26. The van der Waals surface area contributed by atoms with E-state index in [1.54, 1.807) is 0 Å². The van der Waals surface area contributed by atoms with Crippen LogP contribution in [0.15, 0.2) is 35.5 Å². The van der Waals surface area contributed by atoms with Crippen molar-refractivity contribution in [1.82, 2.24) is 19.8 Å². The second-order valence-electron chi connectivity index (χ2n) is 11.9. The first-order chi connectivity index (χ1) is 22.3. The molecule has 1 aliphatic rings. The Morgan fingerprint density at radius 3 is 2.50 bits per heavy atom. The van der Waals surface area contributed by atoms with Crippen LogP contribution >= 0.6 is 0 Å². The number of benzene rings is 2. The average Bonchev–Trinajstić information content (AvgIpc) is 3.36. The molecule has 262 valence electrons. The summed E-state index contributed by atoms with van der Waals surface area (Å²) in [6.07, 6.45) is -0.373. The van der Waals surface area contributed by atoms with Crippen LogP contribution in [0.1, 0.15) is 35.7 Å². The number of nitrogens with one attached hydrogen (secondary N) is 2. The number of nitrogens with zero attached hydrogens (tertiary/aromatic N) is 3. The van der Waals surface area contributed by atoms with E-state index < -0.39 is 49.0 Å². The van der Waals surface area contributed by atoms with Crippen LogP contribution in [0.5, 0.6) is 5.75 Å². The quantitative estimate of drug-likeness (QED) is 0.226. The summed E-state index contributed by atoms with van der Waals surface area (Å²) in [7, 11) is -5.66. The summed E-state index contributed by atoms with van der Waals surface area (Å²) in [6, 6.07) is 4.61. The first-order valence-corrected chi connectivity index (χ1v) is 18.9. The molecule has 17 heteroatoms. The van der Waals surface area contributed by atoms with Crippen molar-refractivity contribution in [2.24, 2.45) is 5.92 Å². The number of hydrogen-bond donors (Lipinski definition) is 2. The van der Waals surface area contributed by atoms with E-state index in [1.807, 2.05) is 6.92 Å². The molecule has 0 saturated carbocycles. The Morgan fingerprint density at radius 2 is 1.88 bits per heavy atom. The van der Waals surface area contributed by atoms with Gasteiger partial charge >= 0.3 is 6.18 Å². The minimum Gasteiger partial charge on any atom is -0.494 e. The van der Waals surface area contributed by atoms with Crippen LogP contribution in [-0.4, -0.2) is 101 Å². The lowest BCUT2D eigenvalue weighted by Gasteiger charge is -2.37. The Morgan fingerprint density at radius 1 is 1.15 bits per heavy atom. The molecular weight excluding hydrogens is 678 g/mol. The molecule has 1 amide bonds. The molecule has 11 nitrogen and oxygen atoms in total. The molecule has 0 unspecified atom stereocenters. The fourth-order valence-corrected chi connectivity index (χ4v) is 6.98. The molecule has 0 bridgehead atoms. The van der Waals surface area contributed by atoms with E-state index in [-0.39, 0.29) is 57.9 Å². The highest BCUT2D eigenvalue weighted by atomic mass is 32.2. The molecule has 0 aliphatic carbocycles. The van der Waals surface area contributed by atoms with Crippen LogP contribution in [0.4, 0.5) is 23.2 Å². The van der Waals surface area contributed by atoms with Crippen molar-refractivity contribution < 1.29 is 43.9 Å². The van der Waals surface area contributed by atoms with Crippen molar-refractivity contribution in [3.63, 3.8) is 0 Å². The van der Waals surface area contributed by atoms with Crippen LogP contribution in [-0.2, 0) is 26.2 Å². The van der Waals surface area contributed by atoms with Gasteiger partial charge in [0.25, 0.3) is 5.91 Å². The van der Waals surface area contributed by atoms with Crippen LogP contribution in [0.3, 0.4) is 0 Å². The highest BCUT2D eigenvalue weighted by Crippen LogP contribution is 2.30. The third-order valence-electron chi connectivity index (χ3n) is 7.87. The summed E-state index contributed by atoms with van der Waals surface area (Å²) in [6.45, 7) is 2.42. The Labute approximate surface area is 276 Å². The smallest absolute Gasteiger partial charge is 0.406 e. The number of ether oxygens (including phenoxy) is 1. The number of sulfone groups is 2. The number of halogens is 4. The van der Waals surface area contributed by atoms with Crippen molar-refractivity contribution in [3.05, 3.63) is 47.5 Å². The lowest BCUT2D eigenvalue weighted by atomic mass is 9.93. The van der Waals surface area contributed by atoms with Crippen molar-refractivity contribution in [2.45, 2.75) is 43.4 Å². The van der Waals surface area contributed by atoms with Gasteiger partial charge in [-0.25, -0.2) is 26.2 Å². The fourth-order valence-electron chi connectivity index (χ4n) is 5.59. The van der Waals surface area contributed by atoms with E-state index >= 15 is 0 Å². The summed E-state index contributed by atoms with van der Waals surface area (Å²) in [4.78, 5) is 19.3. The van der Waals surface area contributed by atoms with Gasteiger partial charge in [0.1, 0.15) is 38.4 Å². The maximum absolute atomic E-state index is 14.3. The molecule has 1 aliphatic heterocycles. The van der Waals surface area contributed by atoms with E-state index in [4.69, 9.17) is 4.74 Å². The molecule has 1 saturated heterocycles. The molecule has 48 heavy (non-hydrogen) atoms. The second kappa shape index (κ2) is 14.7. The monoisotopic (exact) mass is 715 g/mol. The van der Waals surface area contributed by atoms with E-state index in [2.05, 4.69) is 32.4 Å². The van der Waals surface area contributed by atoms with Crippen LogP contribution < -0.4 is 15.4 Å². The number of aromatic nitrogens is 2. The molecule has 2 N–H and O–H groups in total. The number of alkyl halides is 3. The number of anilines is 1. The summed E-state index contributed by atoms with van der Waals surface area (Å²) < 4.78 is 107. The van der Waals surface area contributed by atoms with Gasteiger partial charge in [-0.15, -0.1) is 0 Å². The SMILES string of the molecule is COc1cc(F)c(S(C)(=O)=O)cc1NCC#Cc1cc(C(=O)N[C@H]2CCN(CCCS(C)(=O)=O)C[C@@H]2C)c2ncn(CC(F)(F)F)c2c1. The molecule has 1 fully saturated rings. The highest BCUT2D eigenvalue weighted by Gasteiger charge is 2.31. The number of likely N-dealkylation sites (tertiary alicyclic amines) is 1. The van der Waals surface area contributed by atoms with Crippen molar-refractivity contribution >= 4 is 42.3 Å². The second-order valence-corrected chi connectivity index (χ2v) is 16.2. The van der Waals surface area contributed by atoms with Crippen LogP contribution in [0.2, 0.25) is 0 Å². The Bertz CT molecular complexity index is 1950. The number of carbonyl (C=O) groups excluding carboxylic acids is 1. The summed E-state index contributed by atoms with van der Waals surface area (Å²) in [5, 5.41) is 5.86. The lowest BCUT2D eigenvalue weighted by molar-refractivity contribution is -0.140. The zero-order valence-electron chi connectivity index (χ0n) is 26.8. The van der Waals surface area contributed by atoms with Crippen LogP contribution in [0.25, 0.3) is 11.0 Å². The van der Waals surface area contributed by atoms with Gasteiger partial charge < -0.3 is 24.8 Å². The number of rotatable bonds is 11. The molecule has 1 aromatic heterocycles. The number of piperidine rings is 1. The number of hydrogen-bond acceptors (Lipinski definition) is 9. The normalized spacial score (nSPS) is 17.5. The zero-order valence-corrected chi connectivity index (χ0v) is 28.5. The standard InChI is InChI=1S/C31H37F4N5O6S2/c1-20-17-39(10-6-12-47(3,42)43)11-8-24(20)38-30(41)22-13-21(14-26-29(22)37-19-40(26)18-31(33,34)35)7-5-9-36-25-16-28(48(4,44)45)23(32)15-27(25)46-2/h13-16,19-20,24,36H,6,8-12,17-18H2,1-4H3,(H,38,41)/t20-,24-/m0/s1. The maximum atomic E-state index is 14.3. The summed E-state index contributed by atoms with van der Waals surface area (Å²) >= 11 is 0. The van der Waals surface area contributed by atoms with Crippen molar-refractivity contribution in [1.29, 1.82) is 0 Å².